The molecule has 0 aliphatic rings. The largest absolute Gasteiger partial charge is 0.772 e. The Kier molecular flexibility index (Phi) is 11.3. The van der Waals surface area contributed by atoms with Gasteiger partial charge in [0.15, 0.2) is 0 Å². The van der Waals surface area contributed by atoms with Crippen LogP contribution in [0.2, 0.25) is 0 Å². The molecule has 0 heterocycles. The smallest absolute Gasteiger partial charge is 0.0102 e. The van der Waals surface area contributed by atoms with Crippen molar-refractivity contribution in [2.75, 3.05) is 5.75 Å². The van der Waals surface area contributed by atoms with Gasteiger partial charge in [-0.3, -0.25) is 4.21 Å². The minimum atomic E-state index is -1.83. The zero-order valence-electron chi connectivity index (χ0n) is 9.30. The third-order valence-corrected chi connectivity index (χ3v) is 3.04. The zero-order chi connectivity index (χ0) is 10.6. The molecule has 0 aromatic carbocycles. The van der Waals surface area contributed by atoms with E-state index in [2.05, 4.69) is 6.92 Å². The summed E-state index contributed by atoms with van der Waals surface area (Å²) in [6, 6.07) is 0. The van der Waals surface area contributed by atoms with E-state index in [-0.39, 0.29) is 0 Å². The molecule has 0 bridgehead atoms. The Balaban J connectivity index is 2.88. The average molecular weight is 219 g/mol. The molecule has 2 nitrogen and oxygen atoms in total. The van der Waals surface area contributed by atoms with Crippen LogP contribution < -0.4 is 0 Å². The second-order valence-corrected chi connectivity index (χ2v) is 4.85. The molecular formula is C11H23O2S-. The minimum absolute atomic E-state index is 0.343. The van der Waals surface area contributed by atoms with E-state index in [4.69, 9.17) is 0 Å². The molecule has 3 heteroatoms. The van der Waals surface area contributed by atoms with E-state index in [0.29, 0.717) is 5.75 Å². The molecule has 86 valence electrons. The average Bonchev–Trinajstić information content (AvgIpc) is 2.15. The van der Waals surface area contributed by atoms with Crippen molar-refractivity contribution in [1.82, 2.24) is 0 Å². The van der Waals surface area contributed by atoms with Gasteiger partial charge in [0, 0.05) is 5.75 Å². The van der Waals surface area contributed by atoms with E-state index in [0.717, 1.165) is 12.8 Å². The fraction of sp³-hybridized carbons (Fsp3) is 1.00. The Hall–Kier alpha value is 0.110. The lowest BCUT2D eigenvalue weighted by atomic mass is 10.1. The molecule has 0 amide bonds. The Morgan fingerprint density at radius 1 is 0.857 bits per heavy atom. The Labute approximate surface area is 90.8 Å². The maximum atomic E-state index is 10.2. The van der Waals surface area contributed by atoms with Gasteiger partial charge in [0.2, 0.25) is 0 Å². The first-order valence-electron chi connectivity index (χ1n) is 5.83. The van der Waals surface area contributed by atoms with Crippen LogP contribution in [0, 0.1) is 0 Å². The van der Waals surface area contributed by atoms with Crippen LogP contribution in [0.3, 0.4) is 0 Å². The summed E-state index contributed by atoms with van der Waals surface area (Å²) in [5, 5.41) is 0. The number of unbranched alkanes of at least 4 members (excludes halogenated alkanes) is 8. The van der Waals surface area contributed by atoms with Crippen molar-refractivity contribution in [3.8, 4) is 0 Å². The molecule has 0 rings (SSSR count). The monoisotopic (exact) mass is 219 g/mol. The molecule has 0 saturated heterocycles. The number of hydrogen-bond acceptors (Lipinski definition) is 2. The molecule has 0 aliphatic carbocycles. The van der Waals surface area contributed by atoms with Crippen LogP contribution in [0.1, 0.15) is 64.7 Å². The van der Waals surface area contributed by atoms with Crippen molar-refractivity contribution in [3.63, 3.8) is 0 Å². The molecule has 0 N–H and O–H groups in total. The van der Waals surface area contributed by atoms with Crippen molar-refractivity contribution in [2.24, 2.45) is 0 Å². The van der Waals surface area contributed by atoms with Crippen LogP contribution in [-0.4, -0.2) is 14.5 Å². The number of hydrogen-bond donors (Lipinski definition) is 0. The highest BCUT2D eigenvalue weighted by Crippen LogP contribution is 2.09. The fourth-order valence-corrected chi connectivity index (χ4v) is 1.97. The molecule has 0 fully saturated rings. The van der Waals surface area contributed by atoms with Crippen molar-refractivity contribution in [3.05, 3.63) is 0 Å². The van der Waals surface area contributed by atoms with Gasteiger partial charge in [-0.25, -0.2) is 0 Å². The molecular weight excluding hydrogens is 196 g/mol. The Bertz CT molecular complexity index is 137. The van der Waals surface area contributed by atoms with Gasteiger partial charge in [-0.05, 0) is 6.42 Å². The molecule has 0 radical (unpaired) electrons. The van der Waals surface area contributed by atoms with Crippen molar-refractivity contribution >= 4 is 11.1 Å². The lowest BCUT2D eigenvalue weighted by Crippen LogP contribution is -1.94. The molecule has 0 aromatic heterocycles. The SMILES string of the molecule is CCCCCCCCCCCS(=O)[O-]. The van der Waals surface area contributed by atoms with Gasteiger partial charge < -0.3 is 4.55 Å². The first-order valence-corrected chi connectivity index (χ1v) is 7.07. The van der Waals surface area contributed by atoms with Gasteiger partial charge >= 0.3 is 0 Å². The summed E-state index contributed by atoms with van der Waals surface area (Å²) in [7, 11) is 0. The van der Waals surface area contributed by atoms with Gasteiger partial charge in [-0.15, -0.1) is 0 Å². The van der Waals surface area contributed by atoms with Crippen LogP contribution in [0.25, 0.3) is 0 Å². The fourth-order valence-electron chi connectivity index (χ4n) is 1.53. The standard InChI is InChI=1S/C11H24O2S/c1-2-3-4-5-6-7-8-9-10-11-14(12)13/h2-11H2,1H3,(H,12,13)/p-1. The third kappa shape index (κ3) is 12.1. The second kappa shape index (κ2) is 11.2. The highest BCUT2D eigenvalue weighted by Gasteiger charge is 1.91. The lowest BCUT2D eigenvalue weighted by molar-refractivity contribution is 0.529. The Morgan fingerprint density at radius 3 is 1.71 bits per heavy atom. The second-order valence-electron chi connectivity index (χ2n) is 3.84. The van der Waals surface area contributed by atoms with E-state index in [9.17, 15) is 8.76 Å². The summed E-state index contributed by atoms with van der Waals surface area (Å²) >= 11 is -1.83. The highest BCUT2D eigenvalue weighted by molar-refractivity contribution is 7.79. The summed E-state index contributed by atoms with van der Waals surface area (Å²) in [5.74, 6) is 0.343. The molecule has 1 unspecified atom stereocenters. The van der Waals surface area contributed by atoms with Crippen LogP contribution >= 0.6 is 0 Å². The zero-order valence-corrected chi connectivity index (χ0v) is 10.1. The first kappa shape index (κ1) is 14.1. The maximum absolute atomic E-state index is 10.2. The van der Waals surface area contributed by atoms with Crippen molar-refractivity contribution in [1.29, 1.82) is 0 Å². The van der Waals surface area contributed by atoms with E-state index >= 15 is 0 Å². The van der Waals surface area contributed by atoms with Crippen LogP contribution in [0.15, 0.2) is 0 Å². The molecule has 14 heavy (non-hydrogen) atoms. The van der Waals surface area contributed by atoms with Gasteiger partial charge in [-0.2, -0.15) is 0 Å². The normalized spacial score (nSPS) is 13.0. The summed E-state index contributed by atoms with van der Waals surface area (Å²) in [6.45, 7) is 2.23. The van der Waals surface area contributed by atoms with Crippen LogP contribution in [-0.2, 0) is 11.1 Å². The van der Waals surface area contributed by atoms with E-state index in [1.54, 1.807) is 0 Å². The summed E-state index contributed by atoms with van der Waals surface area (Å²) in [6.07, 6.45) is 11.1. The molecule has 0 aromatic rings. The van der Waals surface area contributed by atoms with E-state index in [1.165, 1.54) is 44.9 Å². The van der Waals surface area contributed by atoms with Gasteiger partial charge in [0.05, 0.1) is 0 Å². The molecule has 1 atom stereocenters. The minimum Gasteiger partial charge on any atom is -0.772 e. The summed E-state index contributed by atoms with van der Waals surface area (Å²) < 4.78 is 20.4. The van der Waals surface area contributed by atoms with Crippen molar-refractivity contribution < 1.29 is 8.76 Å². The molecule has 0 saturated carbocycles. The third-order valence-electron chi connectivity index (χ3n) is 2.41. The van der Waals surface area contributed by atoms with Crippen LogP contribution in [0.4, 0.5) is 0 Å². The van der Waals surface area contributed by atoms with E-state index in [1.807, 2.05) is 0 Å². The predicted molar refractivity (Wildman–Crippen MR) is 61.0 cm³/mol. The molecule has 0 spiro atoms. The van der Waals surface area contributed by atoms with Crippen molar-refractivity contribution in [2.45, 2.75) is 64.7 Å². The van der Waals surface area contributed by atoms with Gasteiger partial charge in [0.1, 0.15) is 0 Å². The summed E-state index contributed by atoms with van der Waals surface area (Å²) in [5.41, 5.74) is 0. The lowest BCUT2D eigenvalue weighted by Gasteiger charge is -2.04. The van der Waals surface area contributed by atoms with Gasteiger partial charge in [0.25, 0.3) is 0 Å². The molecule has 0 aliphatic heterocycles. The van der Waals surface area contributed by atoms with E-state index < -0.39 is 11.1 Å². The first-order chi connectivity index (χ1) is 6.77. The quantitative estimate of drug-likeness (QED) is 0.417. The van der Waals surface area contributed by atoms with Gasteiger partial charge in [-0.1, -0.05) is 69.4 Å². The summed E-state index contributed by atoms with van der Waals surface area (Å²) in [4.78, 5) is 0. The Morgan fingerprint density at radius 2 is 1.29 bits per heavy atom. The van der Waals surface area contributed by atoms with Crippen LogP contribution in [0.5, 0.6) is 0 Å². The predicted octanol–water partition coefficient (Wildman–Crippen LogP) is 3.40. The highest BCUT2D eigenvalue weighted by atomic mass is 32.2. The number of rotatable bonds is 10. The maximum Gasteiger partial charge on any atom is 0.0102 e. The topological polar surface area (TPSA) is 40.1 Å².